The fraction of sp³-hybridized carbons (Fsp3) is 0. The maximum Gasteiger partial charge on any atom is 0.261 e. The molecule has 0 fully saturated rings. The molecule has 4 aromatic rings. The topological polar surface area (TPSA) is 89.2 Å². The summed E-state index contributed by atoms with van der Waals surface area (Å²) >= 11 is 0. The lowest BCUT2D eigenvalue weighted by Crippen LogP contribution is -2.13. The van der Waals surface area contributed by atoms with Gasteiger partial charge >= 0.3 is 0 Å². The number of halogens is 1. The van der Waals surface area contributed by atoms with Gasteiger partial charge in [0.25, 0.3) is 10.0 Å². The zero-order valence-corrected chi connectivity index (χ0v) is 14.1. The molecule has 0 bridgehead atoms. The minimum Gasteiger partial charge on any atom is -0.280 e. The Hall–Kier alpha value is -3.33. The first-order chi connectivity index (χ1) is 12.5. The third-order valence-corrected chi connectivity index (χ3v) is 5.08. The van der Waals surface area contributed by atoms with Crippen molar-refractivity contribution < 1.29 is 12.8 Å². The molecule has 2 heterocycles. The van der Waals surface area contributed by atoms with Crippen molar-refractivity contribution in [3.8, 4) is 11.3 Å². The predicted octanol–water partition coefficient (Wildman–Crippen LogP) is 2.73. The number of aromatic nitrogens is 4. The van der Waals surface area contributed by atoms with E-state index < -0.39 is 15.8 Å². The van der Waals surface area contributed by atoms with E-state index in [9.17, 15) is 12.8 Å². The van der Waals surface area contributed by atoms with Crippen molar-refractivity contribution in [2.24, 2.45) is 0 Å². The summed E-state index contributed by atoms with van der Waals surface area (Å²) < 4.78 is 41.9. The number of anilines is 1. The van der Waals surface area contributed by atoms with Crippen molar-refractivity contribution in [2.45, 2.75) is 4.90 Å². The number of rotatable bonds is 4. The molecule has 7 nitrogen and oxygen atoms in total. The maximum atomic E-state index is 13.3. The van der Waals surface area contributed by atoms with Crippen LogP contribution in [0.25, 0.3) is 16.9 Å². The Balaban J connectivity index is 1.59. The summed E-state index contributed by atoms with van der Waals surface area (Å²) in [6.45, 7) is 0. The van der Waals surface area contributed by atoms with Crippen molar-refractivity contribution in [2.75, 3.05) is 4.72 Å². The molecule has 0 aliphatic carbocycles. The fourth-order valence-corrected chi connectivity index (χ4v) is 3.53. The summed E-state index contributed by atoms with van der Waals surface area (Å²) in [6.07, 6.45) is 1.50. The van der Waals surface area contributed by atoms with Crippen LogP contribution in [0.15, 0.2) is 71.9 Å². The van der Waals surface area contributed by atoms with Crippen LogP contribution in [0, 0.1) is 5.82 Å². The molecule has 0 unspecified atom stereocenters. The molecule has 0 atom stereocenters. The maximum absolute atomic E-state index is 13.3. The highest BCUT2D eigenvalue weighted by molar-refractivity contribution is 7.92. The van der Waals surface area contributed by atoms with Crippen molar-refractivity contribution in [3.05, 3.63) is 72.8 Å². The highest BCUT2D eigenvalue weighted by atomic mass is 32.2. The van der Waals surface area contributed by atoms with Gasteiger partial charge in [-0.15, -0.1) is 10.2 Å². The molecule has 130 valence electrons. The van der Waals surface area contributed by atoms with E-state index >= 15 is 0 Å². The Labute approximate surface area is 148 Å². The predicted molar refractivity (Wildman–Crippen MR) is 93.4 cm³/mol. The highest BCUT2D eigenvalue weighted by Gasteiger charge is 2.15. The van der Waals surface area contributed by atoms with Gasteiger partial charge in [-0.1, -0.05) is 18.2 Å². The summed E-state index contributed by atoms with van der Waals surface area (Å²) in [5, 5.41) is 12.0. The lowest BCUT2D eigenvalue weighted by molar-refractivity contribution is 0.595. The summed E-state index contributed by atoms with van der Waals surface area (Å²) in [4.78, 5) is -0.138. The van der Waals surface area contributed by atoms with Crippen molar-refractivity contribution in [3.63, 3.8) is 0 Å². The molecular formula is C17H12FN5O2S. The Bertz CT molecular complexity index is 1190. The molecule has 1 N–H and O–H groups in total. The minimum absolute atomic E-state index is 0.138. The van der Waals surface area contributed by atoms with E-state index in [1.165, 1.54) is 24.5 Å². The lowest BCUT2D eigenvalue weighted by atomic mass is 10.1. The van der Waals surface area contributed by atoms with Crippen LogP contribution < -0.4 is 4.72 Å². The van der Waals surface area contributed by atoms with Crippen LogP contribution in [0.3, 0.4) is 0 Å². The van der Waals surface area contributed by atoms with Crippen molar-refractivity contribution >= 4 is 21.4 Å². The molecule has 0 spiro atoms. The molecule has 0 aliphatic rings. The van der Waals surface area contributed by atoms with Gasteiger partial charge in [0, 0.05) is 11.3 Å². The van der Waals surface area contributed by atoms with Crippen LogP contribution in [-0.2, 0) is 10.0 Å². The molecule has 2 aromatic heterocycles. The van der Waals surface area contributed by atoms with E-state index in [1.54, 1.807) is 40.9 Å². The molecule has 9 heteroatoms. The molecule has 0 amide bonds. The van der Waals surface area contributed by atoms with E-state index in [2.05, 4.69) is 20.0 Å². The Morgan fingerprint density at radius 1 is 1.00 bits per heavy atom. The smallest absolute Gasteiger partial charge is 0.261 e. The van der Waals surface area contributed by atoms with Crippen LogP contribution in [0.2, 0.25) is 0 Å². The van der Waals surface area contributed by atoms with Gasteiger partial charge < -0.3 is 0 Å². The second-order valence-electron chi connectivity index (χ2n) is 5.49. The number of benzene rings is 2. The van der Waals surface area contributed by atoms with E-state index in [0.717, 1.165) is 11.6 Å². The van der Waals surface area contributed by atoms with Crippen LogP contribution in [0.1, 0.15) is 0 Å². The fourth-order valence-electron chi connectivity index (χ4n) is 2.44. The molecule has 0 saturated heterocycles. The first-order valence-electron chi connectivity index (χ1n) is 7.57. The van der Waals surface area contributed by atoms with Gasteiger partial charge in [-0.3, -0.25) is 4.72 Å². The standard InChI is InChI=1S/C17H12FN5O2S/c18-13-2-1-3-15(10-13)26(24,25)22-14-6-4-12(5-7-14)16-8-9-17-20-19-11-23(17)21-16/h1-11,22H. The first kappa shape index (κ1) is 16.2. The van der Waals surface area contributed by atoms with Gasteiger partial charge in [-0.2, -0.15) is 9.61 Å². The lowest BCUT2D eigenvalue weighted by Gasteiger charge is -2.09. The third kappa shape index (κ3) is 3.11. The SMILES string of the molecule is O=S(=O)(Nc1ccc(-c2ccc3nncn3n2)cc1)c1cccc(F)c1. The molecule has 26 heavy (non-hydrogen) atoms. The quantitative estimate of drug-likeness (QED) is 0.597. The van der Waals surface area contributed by atoms with Crippen LogP contribution >= 0.6 is 0 Å². The first-order valence-corrected chi connectivity index (χ1v) is 9.05. The summed E-state index contributed by atoms with van der Waals surface area (Å²) in [5.74, 6) is -0.612. The van der Waals surface area contributed by atoms with Gasteiger partial charge in [0.15, 0.2) is 5.65 Å². The summed E-state index contributed by atoms with van der Waals surface area (Å²) in [5.41, 5.74) is 2.49. The van der Waals surface area contributed by atoms with Gasteiger partial charge in [0.2, 0.25) is 0 Å². The molecule has 0 saturated carbocycles. The number of fused-ring (bicyclic) bond motifs is 1. The molecule has 4 rings (SSSR count). The number of nitrogens with one attached hydrogen (secondary N) is 1. The normalized spacial score (nSPS) is 11.6. The van der Waals surface area contributed by atoms with Crippen molar-refractivity contribution in [1.82, 2.24) is 19.8 Å². The summed E-state index contributed by atoms with van der Waals surface area (Å²) in [7, 11) is -3.86. The van der Waals surface area contributed by atoms with E-state index in [0.29, 0.717) is 17.0 Å². The zero-order chi connectivity index (χ0) is 18.1. The Morgan fingerprint density at radius 2 is 1.81 bits per heavy atom. The van der Waals surface area contributed by atoms with Crippen molar-refractivity contribution in [1.29, 1.82) is 0 Å². The Kier molecular flexibility index (Phi) is 3.85. The average molecular weight is 369 g/mol. The van der Waals surface area contributed by atoms with E-state index in [4.69, 9.17) is 0 Å². The second-order valence-corrected chi connectivity index (χ2v) is 7.17. The second kappa shape index (κ2) is 6.19. The van der Waals surface area contributed by atoms with E-state index in [1.807, 2.05) is 0 Å². The summed E-state index contributed by atoms with van der Waals surface area (Å²) in [6, 6.07) is 15.1. The zero-order valence-electron chi connectivity index (χ0n) is 13.2. The molecular weight excluding hydrogens is 357 g/mol. The molecule has 0 radical (unpaired) electrons. The minimum atomic E-state index is -3.86. The molecule has 2 aromatic carbocycles. The monoisotopic (exact) mass is 369 g/mol. The number of hydrogen-bond donors (Lipinski definition) is 1. The van der Waals surface area contributed by atoms with Gasteiger partial charge in [0.05, 0.1) is 10.6 Å². The number of nitrogens with zero attached hydrogens (tertiary/aromatic N) is 4. The van der Waals surface area contributed by atoms with Gasteiger partial charge in [0.1, 0.15) is 12.1 Å². The van der Waals surface area contributed by atoms with Gasteiger partial charge in [-0.25, -0.2) is 12.8 Å². The third-order valence-electron chi connectivity index (χ3n) is 3.70. The number of hydrogen-bond acceptors (Lipinski definition) is 5. The van der Waals surface area contributed by atoms with Gasteiger partial charge in [-0.05, 0) is 42.5 Å². The van der Waals surface area contributed by atoms with Crippen LogP contribution in [-0.4, -0.2) is 28.2 Å². The van der Waals surface area contributed by atoms with E-state index in [-0.39, 0.29) is 4.90 Å². The Morgan fingerprint density at radius 3 is 2.58 bits per heavy atom. The van der Waals surface area contributed by atoms with Crippen LogP contribution in [0.4, 0.5) is 10.1 Å². The van der Waals surface area contributed by atoms with Crippen LogP contribution in [0.5, 0.6) is 0 Å². The highest BCUT2D eigenvalue weighted by Crippen LogP contribution is 2.22. The average Bonchev–Trinajstić information content (AvgIpc) is 3.10. The number of sulfonamides is 1. The molecule has 0 aliphatic heterocycles. The largest absolute Gasteiger partial charge is 0.280 e.